The first-order chi connectivity index (χ1) is 8.20. The third kappa shape index (κ3) is 2.50. The van der Waals surface area contributed by atoms with Crippen LogP contribution in [0.4, 0.5) is 0 Å². The molecule has 2 rings (SSSR count). The first-order valence-electron chi connectivity index (χ1n) is 5.26. The third-order valence-electron chi connectivity index (χ3n) is 2.13. The van der Waals surface area contributed by atoms with Crippen molar-refractivity contribution in [3.63, 3.8) is 0 Å². The summed E-state index contributed by atoms with van der Waals surface area (Å²) in [6, 6.07) is 3.61. The third-order valence-corrected chi connectivity index (χ3v) is 2.13. The van der Waals surface area contributed by atoms with Gasteiger partial charge in [0.1, 0.15) is 6.26 Å². The van der Waals surface area contributed by atoms with Crippen molar-refractivity contribution in [1.29, 1.82) is 0 Å². The Morgan fingerprint density at radius 1 is 1.53 bits per heavy atom. The monoisotopic (exact) mass is 232 g/mol. The fourth-order valence-electron chi connectivity index (χ4n) is 1.38. The summed E-state index contributed by atoms with van der Waals surface area (Å²) in [4.78, 5) is 19.5. The van der Waals surface area contributed by atoms with Gasteiger partial charge in [-0.25, -0.2) is 9.78 Å². The standard InChI is InChI=1S/C12H12N2O3/c1-3-16-12(15)10-7-17-11(14-10)9-4-5-13-8(2)6-9/h4-7H,3H2,1-2H3. The van der Waals surface area contributed by atoms with Crippen LogP contribution >= 0.6 is 0 Å². The molecule has 2 heterocycles. The average Bonchev–Trinajstić information content (AvgIpc) is 2.78. The van der Waals surface area contributed by atoms with Gasteiger partial charge >= 0.3 is 5.97 Å². The van der Waals surface area contributed by atoms with Crippen LogP contribution in [0, 0.1) is 6.92 Å². The number of hydrogen-bond donors (Lipinski definition) is 0. The molecule has 0 saturated carbocycles. The topological polar surface area (TPSA) is 65.2 Å². The number of ether oxygens (including phenoxy) is 1. The molecule has 0 N–H and O–H groups in total. The molecule has 0 unspecified atom stereocenters. The normalized spacial score (nSPS) is 10.2. The summed E-state index contributed by atoms with van der Waals surface area (Å²) in [6.07, 6.45) is 2.96. The number of carbonyl (C=O) groups excluding carboxylic acids is 1. The van der Waals surface area contributed by atoms with E-state index < -0.39 is 5.97 Å². The minimum absolute atomic E-state index is 0.177. The van der Waals surface area contributed by atoms with Gasteiger partial charge in [0.25, 0.3) is 0 Å². The highest BCUT2D eigenvalue weighted by Gasteiger charge is 2.14. The van der Waals surface area contributed by atoms with Gasteiger partial charge in [0.15, 0.2) is 5.69 Å². The Bertz CT molecular complexity index is 534. The molecular formula is C12H12N2O3. The van der Waals surface area contributed by atoms with E-state index in [0.29, 0.717) is 12.5 Å². The maximum Gasteiger partial charge on any atom is 0.360 e. The molecule has 0 amide bonds. The molecule has 0 bridgehead atoms. The van der Waals surface area contributed by atoms with Crippen LogP contribution in [0.15, 0.2) is 29.0 Å². The SMILES string of the molecule is CCOC(=O)c1coc(-c2ccnc(C)c2)n1. The van der Waals surface area contributed by atoms with Crippen molar-refractivity contribution in [3.8, 4) is 11.5 Å². The molecule has 2 aromatic rings. The smallest absolute Gasteiger partial charge is 0.360 e. The van der Waals surface area contributed by atoms with E-state index in [9.17, 15) is 4.79 Å². The van der Waals surface area contributed by atoms with Crippen LogP contribution in [0.5, 0.6) is 0 Å². The first kappa shape index (κ1) is 11.3. The van der Waals surface area contributed by atoms with Crippen LogP contribution in [-0.4, -0.2) is 22.5 Å². The van der Waals surface area contributed by atoms with Crippen molar-refractivity contribution in [2.45, 2.75) is 13.8 Å². The van der Waals surface area contributed by atoms with Crippen LogP contribution in [0.1, 0.15) is 23.1 Å². The minimum atomic E-state index is -0.478. The summed E-state index contributed by atoms with van der Waals surface area (Å²) >= 11 is 0. The van der Waals surface area contributed by atoms with Gasteiger partial charge in [-0.3, -0.25) is 4.98 Å². The zero-order valence-electron chi connectivity index (χ0n) is 9.64. The summed E-state index contributed by atoms with van der Waals surface area (Å²) < 4.78 is 10.1. The Balaban J connectivity index is 2.27. The predicted molar refractivity (Wildman–Crippen MR) is 60.4 cm³/mol. The highest BCUT2D eigenvalue weighted by atomic mass is 16.5. The summed E-state index contributed by atoms with van der Waals surface area (Å²) in [5, 5.41) is 0. The van der Waals surface area contributed by atoms with Crippen LogP contribution in [0.25, 0.3) is 11.5 Å². The van der Waals surface area contributed by atoms with Gasteiger partial charge in [-0.1, -0.05) is 0 Å². The number of rotatable bonds is 3. The number of oxazole rings is 1. The van der Waals surface area contributed by atoms with Crippen LogP contribution in [0.3, 0.4) is 0 Å². The average molecular weight is 232 g/mol. The second-order valence-corrected chi connectivity index (χ2v) is 3.44. The molecule has 5 nitrogen and oxygen atoms in total. The van der Waals surface area contributed by atoms with Crippen molar-refractivity contribution in [3.05, 3.63) is 36.0 Å². The maximum absolute atomic E-state index is 11.4. The van der Waals surface area contributed by atoms with Gasteiger partial charge in [0.2, 0.25) is 5.89 Å². The van der Waals surface area contributed by atoms with E-state index in [1.165, 1.54) is 6.26 Å². The lowest BCUT2D eigenvalue weighted by molar-refractivity contribution is 0.0519. The predicted octanol–water partition coefficient (Wildman–Crippen LogP) is 2.22. The molecule has 0 fully saturated rings. The van der Waals surface area contributed by atoms with Gasteiger partial charge in [0, 0.05) is 17.5 Å². The quantitative estimate of drug-likeness (QED) is 0.759. The fraction of sp³-hybridized carbons (Fsp3) is 0.250. The van der Waals surface area contributed by atoms with Crippen molar-refractivity contribution >= 4 is 5.97 Å². The maximum atomic E-state index is 11.4. The molecule has 17 heavy (non-hydrogen) atoms. The van der Waals surface area contributed by atoms with Crippen molar-refractivity contribution in [2.75, 3.05) is 6.61 Å². The Hall–Kier alpha value is -2.17. The van der Waals surface area contributed by atoms with E-state index in [1.807, 2.05) is 13.0 Å². The largest absolute Gasteiger partial charge is 0.461 e. The van der Waals surface area contributed by atoms with Crippen molar-refractivity contribution < 1.29 is 13.9 Å². The molecule has 0 aromatic carbocycles. The lowest BCUT2D eigenvalue weighted by Gasteiger charge is -1.96. The fourth-order valence-corrected chi connectivity index (χ4v) is 1.38. The Labute approximate surface area is 98.5 Å². The van der Waals surface area contributed by atoms with E-state index in [0.717, 1.165) is 11.3 Å². The van der Waals surface area contributed by atoms with E-state index >= 15 is 0 Å². The number of nitrogens with zero attached hydrogens (tertiary/aromatic N) is 2. The molecule has 2 aromatic heterocycles. The number of pyridine rings is 1. The lowest BCUT2D eigenvalue weighted by atomic mass is 10.2. The second-order valence-electron chi connectivity index (χ2n) is 3.44. The van der Waals surface area contributed by atoms with Crippen LogP contribution in [-0.2, 0) is 4.74 Å². The van der Waals surface area contributed by atoms with E-state index in [4.69, 9.17) is 9.15 Å². The van der Waals surface area contributed by atoms with Crippen LogP contribution < -0.4 is 0 Å². The molecule has 0 aliphatic rings. The van der Waals surface area contributed by atoms with E-state index in [2.05, 4.69) is 9.97 Å². The lowest BCUT2D eigenvalue weighted by Crippen LogP contribution is -2.04. The second kappa shape index (κ2) is 4.78. The Morgan fingerprint density at radius 2 is 2.35 bits per heavy atom. The number of aromatic nitrogens is 2. The van der Waals surface area contributed by atoms with Gasteiger partial charge in [0.05, 0.1) is 6.61 Å². The molecule has 88 valence electrons. The molecule has 0 aliphatic heterocycles. The Morgan fingerprint density at radius 3 is 3.06 bits per heavy atom. The first-order valence-corrected chi connectivity index (χ1v) is 5.26. The molecule has 5 heteroatoms. The highest BCUT2D eigenvalue weighted by Crippen LogP contribution is 2.18. The molecule has 0 aliphatic carbocycles. The van der Waals surface area contributed by atoms with E-state index in [-0.39, 0.29) is 5.69 Å². The number of aryl methyl sites for hydroxylation is 1. The number of hydrogen-bond acceptors (Lipinski definition) is 5. The molecule has 0 spiro atoms. The van der Waals surface area contributed by atoms with Crippen LogP contribution in [0.2, 0.25) is 0 Å². The molecule has 0 saturated heterocycles. The Kier molecular flexibility index (Phi) is 3.18. The zero-order valence-corrected chi connectivity index (χ0v) is 9.64. The molecule has 0 atom stereocenters. The van der Waals surface area contributed by atoms with Gasteiger partial charge in [-0.05, 0) is 26.0 Å². The summed E-state index contributed by atoms with van der Waals surface area (Å²) in [5.74, 6) is -0.0909. The summed E-state index contributed by atoms with van der Waals surface area (Å²) in [5.41, 5.74) is 1.82. The van der Waals surface area contributed by atoms with Gasteiger partial charge < -0.3 is 9.15 Å². The summed E-state index contributed by atoms with van der Waals surface area (Å²) in [6.45, 7) is 3.93. The highest BCUT2D eigenvalue weighted by molar-refractivity contribution is 5.87. The zero-order chi connectivity index (χ0) is 12.3. The van der Waals surface area contributed by atoms with Gasteiger partial charge in [-0.15, -0.1) is 0 Å². The minimum Gasteiger partial charge on any atom is -0.461 e. The summed E-state index contributed by atoms with van der Waals surface area (Å²) in [7, 11) is 0. The molecular weight excluding hydrogens is 220 g/mol. The van der Waals surface area contributed by atoms with E-state index in [1.54, 1.807) is 19.2 Å². The van der Waals surface area contributed by atoms with Crippen molar-refractivity contribution in [1.82, 2.24) is 9.97 Å². The number of carbonyl (C=O) groups is 1. The number of esters is 1. The van der Waals surface area contributed by atoms with Crippen molar-refractivity contribution in [2.24, 2.45) is 0 Å². The molecule has 0 radical (unpaired) electrons. The van der Waals surface area contributed by atoms with Gasteiger partial charge in [-0.2, -0.15) is 0 Å².